The van der Waals surface area contributed by atoms with Gasteiger partial charge in [0.1, 0.15) is 0 Å². The van der Waals surface area contributed by atoms with Crippen LogP contribution in [0.5, 0.6) is 0 Å². The van der Waals surface area contributed by atoms with Gasteiger partial charge in [0.2, 0.25) is 0 Å². The summed E-state index contributed by atoms with van der Waals surface area (Å²) in [6.45, 7) is 5.45. The lowest BCUT2D eigenvalue weighted by Crippen LogP contribution is -2.03. The Morgan fingerprint density at radius 3 is 2.31 bits per heavy atom. The first-order valence-electron chi connectivity index (χ1n) is 3.94. The highest BCUT2D eigenvalue weighted by molar-refractivity contribution is 6.34. The number of carbonyl (C=O) groups is 1. The van der Waals surface area contributed by atoms with E-state index in [1.54, 1.807) is 13.8 Å². The monoisotopic (exact) mass is 198 g/mol. The number of carboxylic acids is 1. The number of halogens is 1. The van der Waals surface area contributed by atoms with Gasteiger partial charge in [-0.3, -0.25) is 0 Å². The summed E-state index contributed by atoms with van der Waals surface area (Å²) in [5.74, 6) is -0.964. The second-order valence-electron chi connectivity index (χ2n) is 3.13. The SMILES string of the molecule is Cc1cc(C)c(Cl)c(C(=O)O)c1C. The first kappa shape index (κ1) is 10.1. The maximum Gasteiger partial charge on any atom is 0.337 e. The van der Waals surface area contributed by atoms with Gasteiger partial charge < -0.3 is 5.11 Å². The van der Waals surface area contributed by atoms with E-state index in [-0.39, 0.29) is 5.56 Å². The van der Waals surface area contributed by atoms with Crippen molar-refractivity contribution in [3.63, 3.8) is 0 Å². The predicted molar refractivity (Wildman–Crippen MR) is 52.6 cm³/mol. The third-order valence-corrected chi connectivity index (χ3v) is 2.67. The lowest BCUT2D eigenvalue weighted by molar-refractivity contribution is 0.0696. The van der Waals surface area contributed by atoms with Crippen LogP contribution in [-0.2, 0) is 0 Å². The van der Waals surface area contributed by atoms with Crippen molar-refractivity contribution in [2.24, 2.45) is 0 Å². The molecule has 0 aliphatic carbocycles. The summed E-state index contributed by atoms with van der Waals surface area (Å²) in [6.07, 6.45) is 0. The van der Waals surface area contributed by atoms with E-state index >= 15 is 0 Å². The minimum atomic E-state index is -0.964. The van der Waals surface area contributed by atoms with Crippen molar-refractivity contribution in [1.29, 1.82) is 0 Å². The average Bonchev–Trinajstić information content (AvgIpc) is 2.01. The molecule has 1 N–H and O–H groups in total. The Morgan fingerprint density at radius 1 is 1.31 bits per heavy atom. The molecule has 0 atom stereocenters. The van der Waals surface area contributed by atoms with Crippen molar-refractivity contribution in [2.75, 3.05) is 0 Å². The van der Waals surface area contributed by atoms with E-state index in [1.165, 1.54) is 0 Å². The average molecular weight is 199 g/mol. The van der Waals surface area contributed by atoms with Crippen LogP contribution in [0.1, 0.15) is 27.0 Å². The molecule has 0 spiro atoms. The van der Waals surface area contributed by atoms with Gasteiger partial charge in [0.25, 0.3) is 0 Å². The third kappa shape index (κ3) is 1.68. The van der Waals surface area contributed by atoms with Gasteiger partial charge >= 0.3 is 5.97 Å². The zero-order valence-electron chi connectivity index (χ0n) is 7.81. The molecule has 0 unspecified atom stereocenters. The summed E-state index contributed by atoms with van der Waals surface area (Å²) in [5, 5.41) is 9.25. The van der Waals surface area contributed by atoms with Crippen molar-refractivity contribution < 1.29 is 9.90 Å². The summed E-state index contributed by atoms with van der Waals surface area (Å²) >= 11 is 5.88. The summed E-state index contributed by atoms with van der Waals surface area (Å²) in [4.78, 5) is 10.9. The number of benzene rings is 1. The zero-order valence-corrected chi connectivity index (χ0v) is 8.57. The molecule has 0 radical (unpaired) electrons. The number of aryl methyl sites for hydroxylation is 2. The van der Waals surface area contributed by atoms with E-state index in [0.29, 0.717) is 5.02 Å². The van der Waals surface area contributed by atoms with Crippen LogP contribution in [0.4, 0.5) is 0 Å². The van der Waals surface area contributed by atoms with Crippen LogP contribution in [0.15, 0.2) is 6.07 Å². The number of rotatable bonds is 1. The molecule has 1 rings (SSSR count). The topological polar surface area (TPSA) is 37.3 Å². The minimum Gasteiger partial charge on any atom is -0.478 e. The Kier molecular flexibility index (Phi) is 2.62. The van der Waals surface area contributed by atoms with Crippen LogP contribution >= 0.6 is 11.6 Å². The Bertz CT molecular complexity index is 343. The van der Waals surface area contributed by atoms with Crippen LogP contribution < -0.4 is 0 Å². The van der Waals surface area contributed by atoms with Crippen LogP contribution in [0.25, 0.3) is 0 Å². The molecule has 0 fully saturated rings. The van der Waals surface area contributed by atoms with Crippen molar-refractivity contribution in [1.82, 2.24) is 0 Å². The van der Waals surface area contributed by atoms with Gasteiger partial charge in [-0.25, -0.2) is 4.79 Å². The Morgan fingerprint density at radius 2 is 1.85 bits per heavy atom. The van der Waals surface area contributed by atoms with E-state index in [0.717, 1.165) is 16.7 Å². The van der Waals surface area contributed by atoms with Gasteiger partial charge in [-0.1, -0.05) is 17.7 Å². The standard InChI is InChI=1S/C10H11ClO2/c1-5-4-6(2)9(11)8(7(5)3)10(12)13/h4H,1-3H3,(H,12,13). The molecule has 1 aromatic carbocycles. The van der Waals surface area contributed by atoms with Crippen LogP contribution in [0.3, 0.4) is 0 Å². The first-order valence-corrected chi connectivity index (χ1v) is 4.32. The summed E-state index contributed by atoms with van der Waals surface area (Å²) < 4.78 is 0. The molecule has 2 nitrogen and oxygen atoms in total. The van der Waals surface area contributed by atoms with Crippen molar-refractivity contribution in [2.45, 2.75) is 20.8 Å². The maximum absolute atomic E-state index is 10.9. The van der Waals surface area contributed by atoms with Gasteiger partial charge in [0.05, 0.1) is 10.6 Å². The summed E-state index contributed by atoms with van der Waals surface area (Å²) in [7, 11) is 0. The van der Waals surface area contributed by atoms with Crippen molar-refractivity contribution in [3.8, 4) is 0 Å². The molecule has 13 heavy (non-hydrogen) atoms. The molecule has 0 aliphatic rings. The third-order valence-electron chi connectivity index (χ3n) is 2.18. The molecule has 0 saturated heterocycles. The van der Waals surface area contributed by atoms with Crippen molar-refractivity contribution in [3.05, 3.63) is 33.3 Å². The number of hydrogen-bond acceptors (Lipinski definition) is 1. The fraction of sp³-hybridized carbons (Fsp3) is 0.300. The van der Waals surface area contributed by atoms with Gasteiger partial charge in [0.15, 0.2) is 0 Å². The minimum absolute atomic E-state index is 0.221. The normalized spacial score (nSPS) is 10.2. The molecule has 0 aliphatic heterocycles. The second-order valence-corrected chi connectivity index (χ2v) is 3.51. The lowest BCUT2D eigenvalue weighted by Gasteiger charge is -2.09. The lowest BCUT2D eigenvalue weighted by atomic mass is 10.00. The van der Waals surface area contributed by atoms with Crippen LogP contribution in [0, 0.1) is 20.8 Å². The number of carboxylic acid groups (broad SMARTS) is 1. The summed E-state index contributed by atoms with van der Waals surface area (Å²) in [6, 6.07) is 1.89. The molecule has 0 saturated carbocycles. The molecule has 70 valence electrons. The van der Waals surface area contributed by atoms with E-state index in [1.807, 2.05) is 13.0 Å². The maximum atomic E-state index is 10.9. The highest BCUT2D eigenvalue weighted by atomic mass is 35.5. The molecule has 0 bridgehead atoms. The smallest absolute Gasteiger partial charge is 0.337 e. The second kappa shape index (κ2) is 3.38. The molecule has 1 aromatic rings. The predicted octanol–water partition coefficient (Wildman–Crippen LogP) is 2.96. The fourth-order valence-electron chi connectivity index (χ4n) is 1.31. The molecule has 3 heteroatoms. The molecule has 0 heterocycles. The fourth-order valence-corrected chi connectivity index (χ4v) is 1.59. The van der Waals surface area contributed by atoms with Gasteiger partial charge in [-0.2, -0.15) is 0 Å². The van der Waals surface area contributed by atoms with E-state index < -0.39 is 5.97 Å². The Labute approximate surface area is 82.2 Å². The Balaban J connectivity index is 3.56. The number of hydrogen-bond donors (Lipinski definition) is 1. The molecular formula is C10H11ClO2. The zero-order chi connectivity index (χ0) is 10.2. The highest BCUT2D eigenvalue weighted by Crippen LogP contribution is 2.26. The molecule has 0 aromatic heterocycles. The van der Waals surface area contributed by atoms with Crippen LogP contribution in [0.2, 0.25) is 5.02 Å². The van der Waals surface area contributed by atoms with E-state index in [2.05, 4.69) is 0 Å². The summed E-state index contributed by atoms with van der Waals surface area (Å²) in [5.41, 5.74) is 2.73. The Hall–Kier alpha value is -1.02. The first-order chi connectivity index (χ1) is 5.95. The van der Waals surface area contributed by atoms with Gasteiger partial charge in [-0.15, -0.1) is 0 Å². The largest absolute Gasteiger partial charge is 0.478 e. The number of aromatic carboxylic acids is 1. The quantitative estimate of drug-likeness (QED) is 0.754. The molecular weight excluding hydrogens is 188 g/mol. The van der Waals surface area contributed by atoms with Gasteiger partial charge in [0, 0.05) is 0 Å². The van der Waals surface area contributed by atoms with E-state index in [4.69, 9.17) is 16.7 Å². The van der Waals surface area contributed by atoms with Gasteiger partial charge in [-0.05, 0) is 37.5 Å². The van der Waals surface area contributed by atoms with Crippen LogP contribution in [-0.4, -0.2) is 11.1 Å². The molecule has 0 amide bonds. The highest BCUT2D eigenvalue weighted by Gasteiger charge is 2.15. The van der Waals surface area contributed by atoms with Crippen molar-refractivity contribution >= 4 is 17.6 Å². The van der Waals surface area contributed by atoms with E-state index in [9.17, 15) is 4.79 Å².